The van der Waals surface area contributed by atoms with Crippen molar-refractivity contribution in [2.75, 3.05) is 13.2 Å². The summed E-state index contributed by atoms with van der Waals surface area (Å²) in [5.41, 5.74) is 0.982. The molecule has 4 nitrogen and oxygen atoms in total. The molecule has 68 valence electrons. The van der Waals surface area contributed by atoms with Crippen LogP contribution in [-0.4, -0.2) is 24.1 Å². The van der Waals surface area contributed by atoms with E-state index in [9.17, 15) is 4.79 Å². The third-order valence-electron chi connectivity index (χ3n) is 1.94. The fraction of sp³-hybridized carbons (Fsp3) is 0.333. The van der Waals surface area contributed by atoms with Gasteiger partial charge in [0.05, 0.1) is 12.6 Å². The van der Waals surface area contributed by atoms with Crippen LogP contribution in [-0.2, 0) is 9.53 Å². The Balaban J connectivity index is 2.13. The molecule has 0 bridgehead atoms. The Hall–Kier alpha value is -1.42. The number of rotatable bonds is 1. The van der Waals surface area contributed by atoms with Crippen LogP contribution >= 0.6 is 0 Å². The van der Waals surface area contributed by atoms with Gasteiger partial charge in [-0.05, 0) is 11.6 Å². The lowest BCUT2D eigenvalue weighted by Gasteiger charge is -2.23. The van der Waals surface area contributed by atoms with Crippen LogP contribution in [0.15, 0.2) is 24.5 Å². The molecule has 1 atom stereocenters. The highest BCUT2D eigenvalue weighted by atomic mass is 16.5. The van der Waals surface area contributed by atoms with Crippen LogP contribution in [0, 0.1) is 0 Å². The lowest BCUT2D eigenvalue weighted by atomic mass is 10.1. The molecule has 1 fully saturated rings. The van der Waals surface area contributed by atoms with Crippen molar-refractivity contribution >= 4 is 5.91 Å². The SMILES string of the molecule is O=C1COCC(c2cccnc2)N1. The molecule has 1 saturated heterocycles. The van der Waals surface area contributed by atoms with Crippen LogP contribution in [0.3, 0.4) is 0 Å². The molecule has 1 unspecified atom stereocenters. The molecule has 1 aromatic rings. The molecule has 4 heteroatoms. The molecule has 0 aliphatic carbocycles. The Bertz CT molecular complexity index is 300. The van der Waals surface area contributed by atoms with Crippen molar-refractivity contribution in [3.8, 4) is 0 Å². The summed E-state index contributed by atoms with van der Waals surface area (Å²) in [5, 5.41) is 2.83. The van der Waals surface area contributed by atoms with E-state index >= 15 is 0 Å². The third-order valence-corrected chi connectivity index (χ3v) is 1.94. The number of hydrogen-bond donors (Lipinski definition) is 1. The summed E-state index contributed by atoms with van der Waals surface area (Å²) >= 11 is 0. The van der Waals surface area contributed by atoms with Gasteiger partial charge in [0.2, 0.25) is 5.91 Å². The smallest absolute Gasteiger partial charge is 0.246 e. The molecule has 0 saturated carbocycles. The topological polar surface area (TPSA) is 51.2 Å². The summed E-state index contributed by atoms with van der Waals surface area (Å²) < 4.78 is 5.11. The van der Waals surface area contributed by atoms with Crippen LogP contribution in [0.2, 0.25) is 0 Å². The number of nitrogens with zero attached hydrogens (tertiary/aromatic N) is 1. The van der Waals surface area contributed by atoms with Crippen LogP contribution in [0.4, 0.5) is 0 Å². The van der Waals surface area contributed by atoms with Gasteiger partial charge < -0.3 is 10.1 Å². The first-order chi connectivity index (χ1) is 6.36. The van der Waals surface area contributed by atoms with E-state index in [1.54, 1.807) is 12.4 Å². The molecule has 0 aromatic carbocycles. The number of nitrogens with one attached hydrogen (secondary N) is 1. The predicted octanol–water partition coefficient (Wildman–Crippen LogP) is 0.269. The third kappa shape index (κ3) is 1.84. The van der Waals surface area contributed by atoms with Gasteiger partial charge in [0, 0.05) is 12.4 Å². The number of aromatic nitrogens is 1. The zero-order chi connectivity index (χ0) is 9.10. The van der Waals surface area contributed by atoms with Gasteiger partial charge in [-0.15, -0.1) is 0 Å². The van der Waals surface area contributed by atoms with Crippen molar-refractivity contribution < 1.29 is 9.53 Å². The van der Waals surface area contributed by atoms with Gasteiger partial charge in [0.25, 0.3) is 0 Å². The van der Waals surface area contributed by atoms with E-state index in [1.807, 2.05) is 12.1 Å². The Morgan fingerprint density at radius 1 is 1.62 bits per heavy atom. The minimum Gasteiger partial charge on any atom is -0.369 e. The Kier molecular flexibility index (Phi) is 2.23. The molecule has 13 heavy (non-hydrogen) atoms. The molecule has 2 heterocycles. The Morgan fingerprint density at radius 2 is 2.54 bits per heavy atom. The first kappa shape index (κ1) is 8.19. The van der Waals surface area contributed by atoms with Crippen molar-refractivity contribution in [3.63, 3.8) is 0 Å². The average molecular weight is 178 g/mol. The van der Waals surface area contributed by atoms with Gasteiger partial charge in [0.1, 0.15) is 6.61 Å². The molecule has 2 rings (SSSR count). The summed E-state index contributed by atoms with van der Waals surface area (Å²) in [6.07, 6.45) is 3.44. The highest BCUT2D eigenvalue weighted by molar-refractivity contribution is 5.78. The van der Waals surface area contributed by atoms with Gasteiger partial charge in [-0.2, -0.15) is 0 Å². The number of hydrogen-bond acceptors (Lipinski definition) is 3. The van der Waals surface area contributed by atoms with Crippen molar-refractivity contribution in [3.05, 3.63) is 30.1 Å². The quantitative estimate of drug-likeness (QED) is 0.671. The van der Waals surface area contributed by atoms with E-state index in [0.29, 0.717) is 6.61 Å². The number of carbonyl (C=O) groups excluding carboxylic acids is 1. The summed E-state index contributed by atoms with van der Waals surface area (Å²) in [5.74, 6) is -0.0693. The fourth-order valence-corrected chi connectivity index (χ4v) is 1.31. The summed E-state index contributed by atoms with van der Waals surface area (Å²) in [6.45, 7) is 0.689. The van der Waals surface area contributed by atoms with Gasteiger partial charge in [-0.1, -0.05) is 6.07 Å². The fourth-order valence-electron chi connectivity index (χ4n) is 1.31. The molecule has 0 spiro atoms. The van der Waals surface area contributed by atoms with Crippen LogP contribution in [0.5, 0.6) is 0 Å². The predicted molar refractivity (Wildman–Crippen MR) is 45.9 cm³/mol. The monoisotopic (exact) mass is 178 g/mol. The average Bonchev–Trinajstić information content (AvgIpc) is 2.19. The summed E-state index contributed by atoms with van der Waals surface area (Å²) in [4.78, 5) is 15.0. The number of amides is 1. The normalized spacial score (nSPS) is 22.5. The second-order valence-electron chi connectivity index (χ2n) is 2.92. The van der Waals surface area contributed by atoms with Crippen LogP contribution < -0.4 is 5.32 Å². The lowest BCUT2D eigenvalue weighted by molar-refractivity contribution is -0.131. The minimum atomic E-state index is -0.0693. The van der Waals surface area contributed by atoms with Crippen LogP contribution in [0.1, 0.15) is 11.6 Å². The second-order valence-corrected chi connectivity index (χ2v) is 2.92. The van der Waals surface area contributed by atoms with E-state index in [0.717, 1.165) is 5.56 Å². The van der Waals surface area contributed by atoms with E-state index in [-0.39, 0.29) is 18.6 Å². The molecule has 1 aliphatic rings. The number of carbonyl (C=O) groups is 1. The van der Waals surface area contributed by atoms with Crippen molar-refractivity contribution in [2.24, 2.45) is 0 Å². The zero-order valence-corrected chi connectivity index (χ0v) is 7.06. The van der Waals surface area contributed by atoms with E-state index < -0.39 is 0 Å². The highest BCUT2D eigenvalue weighted by Crippen LogP contribution is 2.13. The van der Waals surface area contributed by atoms with Crippen molar-refractivity contribution in [1.29, 1.82) is 0 Å². The first-order valence-electron chi connectivity index (χ1n) is 4.13. The van der Waals surface area contributed by atoms with Gasteiger partial charge in [0.15, 0.2) is 0 Å². The lowest BCUT2D eigenvalue weighted by Crippen LogP contribution is -2.39. The Morgan fingerprint density at radius 3 is 3.23 bits per heavy atom. The highest BCUT2D eigenvalue weighted by Gasteiger charge is 2.19. The molecule has 1 N–H and O–H groups in total. The number of morpholine rings is 1. The minimum absolute atomic E-state index is 0.0463. The molecular formula is C9H10N2O2. The van der Waals surface area contributed by atoms with Crippen molar-refractivity contribution in [1.82, 2.24) is 10.3 Å². The summed E-state index contributed by atoms with van der Waals surface area (Å²) in [7, 11) is 0. The Labute approximate surface area is 75.9 Å². The molecule has 1 aliphatic heterocycles. The van der Waals surface area contributed by atoms with Gasteiger partial charge >= 0.3 is 0 Å². The maximum absolute atomic E-state index is 11.0. The standard InChI is InChI=1S/C9H10N2O2/c12-9-6-13-5-8(11-9)7-2-1-3-10-4-7/h1-4,8H,5-6H2,(H,11,12). The number of pyridine rings is 1. The molecule has 1 aromatic heterocycles. The molecule has 0 radical (unpaired) electrons. The number of ether oxygens (including phenoxy) is 1. The van der Waals surface area contributed by atoms with Gasteiger partial charge in [-0.3, -0.25) is 9.78 Å². The van der Waals surface area contributed by atoms with E-state index in [2.05, 4.69) is 10.3 Å². The molecular weight excluding hydrogens is 168 g/mol. The van der Waals surface area contributed by atoms with Crippen LogP contribution in [0.25, 0.3) is 0 Å². The van der Waals surface area contributed by atoms with Crippen molar-refractivity contribution in [2.45, 2.75) is 6.04 Å². The second kappa shape index (κ2) is 3.53. The van der Waals surface area contributed by atoms with E-state index in [1.165, 1.54) is 0 Å². The van der Waals surface area contributed by atoms with E-state index in [4.69, 9.17) is 4.74 Å². The first-order valence-corrected chi connectivity index (χ1v) is 4.13. The maximum atomic E-state index is 11.0. The van der Waals surface area contributed by atoms with Gasteiger partial charge in [-0.25, -0.2) is 0 Å². The largest absolute Gasteiger partial charge is 0.369 e. The zero-order valence-electron chi connectivity index (χ0n) is 7.06. The molecule has 1 amide bonds. The summed E-state index contributed by atoms with van der Waals surface area (Å²) in [6, 6.07) is 3.72. The maximum Gasteiger partial charge on any atom is 0.246 e.